The van der Waals surface area contributed by atoms with E-state index < -0.39 is 12.6 Å². The number of aromatic nitrogens is 2. The van der Waals surface area contributed by atoms with Crippen molar-refractivity contribution in [2.45, 2.75) is 32.4 Å². The van der Waals surface area contributed by atoms with Crippen LogP contribution >= 0.6 is 0 Å². The van der Waals surface area contributed by atoms with E-state index in [1.54, 1.807) is 47.4 Å². The minimum Gasteiger partial charge on any atom is -0.392 e. The van der Waals surface area contributed by atoms with Gasteiger partial charge in [0.15, 0.2) is 0 Å². The van der Waals surface area contributed by atoms with E-state index in [1.165, 1.54) is 6.07 Å². The molecule has 155 valence electrons. The molecule has 0 aliphatic heterocycles. The van der Waals surface area contributed by atoms with Crippen LogP contribution in [0.4, 0.5) is 13.2 Å². The Balaban J connectivity index is 0.00000300. The Kier molecular flexibility index (Phi) is 7.66. The van der Waals surface area contributed by atoms with Crippen LogP contribution in [0.1, 0.15) is 16.7 Å². The van der Waals surface area contributed by atoms with E-state index in [1.807, 2.05) is 0 Å². The molecule has 1 radical (unpaired) electrons. The van der Waals surface area contributed by atoms with Crippen LogP contribution in [0, 0.1) is 6.92 Å². The third-order valence-electron chi connectivity index (χ3n) is 4.48. The van der Waals surface area contributed by atoms with Gasteiger partial charge in [0.1, 0.15) is 0 Å². The molecule has 3 aromatic rings. The van der Waals surface area contributed by atoms with Gasteiger partial charge in [-0.05, 0) is 39.4 Å². The zero-order valence-electron chi connectivity index (χ0n) is 15.5. The Labute approximate surface area is 177 Å². The van der Waals surface area contributed by atoms with Gasteiger partial charge in [0.2, 0.25) is 0 Å². The number of nitrogens with zero attached hydrogens (tertiary/aromatic N) is 2. The van der Waals surface area contributed by atoms with E-state index in [9.17, 15) is 23.4 Å². The normalized spacial score (nSPS) is 11.4. The first-order chi connectivity index (χ1) is 13.4. The maximum absolute atomic E-state index is 13.1. The largest absolute Gasteiger partial charge is 0.393 e. The van der Waals surface area contributed by atoms with Crippen LogP contribution in [0.25, 0.3) is 22.3 Å². The fourth-order valence-electron chi connectivity index (χ4n) is 3.29. The molecule has 2 aromatic carbocycles. The molecular weight excluding hydrogens is 424 g/mol. The van der Waals surface area contributed by atoms with Crippen LogP contribution in [0.2, 0.25) is 0 Å². The van der Waals surface area contributed by atoms with Crippen molar-refractivity contribution >= 4 is 0 Å². The van der Waals surface area contributed by atoms with Crippen molar-refractivity contribution in [1.29, 1.82) is 0 Å². The van der Waals surface area contributed by atoms with Gasteiger partial charge in [0.05, 0.1) is 25.8 Å². The average Bonchev–Trinajstić information content (AvgIpc) is 3.15. The number of aliphatic hydroxyl groups excluding tert-OH is 2. The van der Waals surface area contributed by atoms with Gasteiger partial charge in [-0.15, -0.1) is 0 Å². The molecule has 0 saturated carbocycles. The third-order valence-corrected chi connectivity index (χ3v) is 4.48. The molecule has 0 atom stereocenters. The van der Waals surface area contributed by atoms with Gasteiger partial charge < -0.3 is 21.8 Å². The van der Waals surface area contributed by atoms with E-state index in [0.29, 0.717) is 39.9 Å². The second-order valence-corrected chi connectivity index (χ2v) is 6.43. The van der Waals surface area contributed by atoms with Gasteiger partial charge in [-0.2, -0.15) is 18.3 Å². The second kappa shape index (κ2) is 9.59. The Morgan fingerprint density at radius 2 is 1.72 bits per heavy atom. The van der Waals surface area contributed by atoms with Crippen LogP contribution in [0.5, 0.6) is 0 Å². The monoisotopic (exact) mass is 444 g/mol. The summed E-state index contributed by atoms with van der Waals surface area (Å²) >= 11 is 0. The second-order valence-electron chi connectivity index (χ2n) is 6.43. The summed E-state index contributed by atoms with van der Waals surface area (Å²) in [5.74, 6) is 0. The molecule has 0 unspecified atom stereocenters. The molecule has 29 heavy (non-hydrogen) atoms. The number of alkyl halides is 3. The van der Waals surface area contributed by atoms with Gasteiger partial charge in [-0.3, -0.25) is 0 Å². The molecule has 0 bridgehead atoms. The van der Waals surface area contributed by atoms with Gasteiger partial charge in [-0.25, -0.2) is 0 Å². The van der Waals surface area contributed by atoms with Gasteiger partial charge in [0, 0.05) is 28.8 Å². The predicted molar refractivity (Wildman–Crippen MR) is 100 cm³/mol. The summed E-state index contributed by atoms with van der Waals surface area (Å²) in [4.78, 5) is 0. The van der Waals surface area contributed by atoms with Crippen molar-refractivity contribution in [3.8, 4) is 22.3 Å². The summed E-state index contributed by atoms with van der Waals surface area (Å²) < 4.78 is 40.9. The molecule has 0 amide bonds. The number of halogens is 3. The molecule has 8 heteroatoms. The number of hydrogen-bond acceptors (Lipinski definition) is 3. The molecule has 1 aromatic heterocycles. The smallest absolute Gasteiger partial charge is 0.392 e. The van der Waals surface area contributed by atoms with Gasteiger partial charge in [-0.1, -0.05) is 36.9 Å². The van der Waals surface area contributed by atoms with Crippen molar-refractivity contribution in [2.24, 2.45) is 0 Å². The Morgan fingerprint density at radius 3 is 2.31 bits per heavy atom. The maximum Gasteiger partial charge on any atom is 0.393 e. The fraction of sp³-hybridized carbons (Fsp3) is 0.238. The van der Waals surface area contributed by atoms with Gasteiger partial charge >= 0.3 is 6.18 Å². The van der Waals surface area contributed by atoms with E-state index in [4.69, 9.17) is 0 Å². The SMILES string of the molecule is [CH2-]Cn1cc(-c2cc(CO)cc(CO)c2-c2ccccc2CC(F)(F)F)cn1.[Mn]. The first-order valence-corrected chi connectivity index (χ1v) is 8.71. The maximum atomic E-state index is 13.1. The van der Waals surface area contributed by atoms with Crippen LogP contribution in [0.15, 0.2) is 48.8 Å². The molecule has 0 saturated heterocycles. The fourth-order valence-corrected chi connectivity index (χ4v) is 3.29. The molecule has 3 rings (SSSR count). The number of benzene rings is 2. The van der Waals surface area contributed by atoms with Crippen molar-refractivity contribution < 1.29 is 40.5 Å². The van der Waals surface area contributed by atoms with Crippen LogP contribution < -0.4 is 0 Å². The minimum absolute atomic E-state index is 0. The number of rotatable bonds is 6. The summed E-state index contributed by atoms with van der Waals surface area (Å²) in [7, 11) is 0. The molecule has 0 aliphatic carbocycles. The first-order valence-electron chi connectivity index (χ1n) is 8.71. The molecule has 1 heterocycles. The average molecular weight is 444 g/mol. The standard InChI is InChI=1S/C21H20F3N2O2.Mn/c1-2-26-11-17(10-25-26)19-8-14(12-27)7-16(13-28)20(19)18-6-4-3-5-15(18)9-21(22,23)24;/h3-8,10-11,27-28H,1-2,9,12-13H2;/q-1;. The van der Waals surface area contributed by atoms with Crippen molar-refractivity contribution in [2.75, 3.05) is 0 Å². The zero-order valence-corrected chi connectivity index (χ0v) is 16.6. The molecule has 0 fully saturated rings. The van der Waals surface area contributed by atoms with Crippen LogP contribution in [-0.4, -0.2) is 26.2 Å². The van der Waals surface area contributed by atoms with Crippen LogP contribution in [-0.2, 0) is 43.2 Å². The Hall–Kier alpha value is -2.12. The van der Waals surface area contributed by atoms with Crippen molar-refractivity contribution in [3.05, 3.63) is 72.4 Å². The topological polar surface area (TPSA) is 58.3 Å². The van der Waals surface area contributed by atoms with Crippen molar-refractivity contribution in [3.63, 3.8) is 0 Å². The third kappa shape index (κ3) is 5.28. The predicted octanol–water partition coefficient (Wildman–Crippen LogP) is 4.14. The molecular formula is C21H20F3MnN2O2-. The van der Waals surface area contributed by atoms with Gasteiger partial charge in [0.25, 0.3) is 0 Å². The summed E-state index contributed by atoms with van der Waals surface area (Å²) in [6.45, 7) is 3.53. The molecule has 0 spiro atoms. The summed E-state index contributed by atoms with van der Waals surface area (Å²) in [6, 6.07) is 9.60. The van der Waals surface area contributed by atoms with E-state index in [2.05, 4.69) is 12.0 Å². The Bertz CT molecular complexity index is 971. The summed E-state index contributed by atoms with van der Waals surface area (Å²) in [5, 5.41) is 23.7. The van der Waals surface area contributed by atoms with Crippen LogP contribution in [0.3, 0.4) is 0 Å². The van der Waals surface area contributed by atoms with E-state index in [0.717, 1.165) is 0 Å². The van der Waals surface area contributed by atoms with E-state index in [-0.39, 0.29) is 35.8 Å². The minimum atomic E-state index is -4.36. The molecule has 2 N–H and O–H groups in total. The first kappa shape index (κ1) is 23.2. The molecule has 4 nitrogen and oxygen atoms in total. The summed E-state index contributed by atoms with van der Waals surface area (Å²) in [5.41, 5.74) is 3.29. The quantitative estimate of drug-likeness (QED) is 0.444. The summed E-state index contributed by atoms with van der Waals surface area (Å²) in [6.07, 6.45) is -2.11. The van der Waals surface area contributed by atoms with E-state index >= 15 is 0 Å². The van der Waals surface area contributed by atoms with Crippen molar-refractivity contribution in [1.82, 2.24) is 9.78 Å². The number of hydrogen-bond donors (Lipinski definition) is 2. The molecule has 0 aliphatic rings. The number of aliphatic hydroxyl groups is 2. The zero-order chi connectivity index (χ0) is 20.3. The Morgan fingerprint density at radius 1 is 1.00 bits per heavy atom.